The van der Waals surface area contributed by atoms with Crippen molar-refractivity contribution in [3.8, 4) is 0 Å². The van der Waals surface area contributed by atoms with Gasteiger partial charge in [-0.25, -0.2) is 4.39 Å². The summed E-state index contributed by atoms with van der Waals surface area (Å²) in [6.07, 6.45) is -4.55. The van der Waals surface area contributed by atoms with Crippen molar-refractivity contribution < 1.29 is 17.6 Å². The zero-order valence-electron chi connectivity index (χ0n) is 6.78. The van der Waals surface area contributed by atoms with Gasteiger partial charge in [-0.15, -0.1) is 0 Å². The van der Waals surface area contributed by atoms with Crippen LogP contribution in [0.5, 0.6) is 0 Å². The number of hydrogen-bond acceptors (Lipinski definition) is 1. The zero-order valence-corrected chi connectivity index (χ0v) is 7.53. The molecule has 78 valence electrons. The van der Waals surface area contributed by atoms with Gasteiger partial charge in [0.2, 0.25) is 0 Å². The smallest absolute Gasteiger partial charge is 0.316 e. The summed E-state index contributed by atoms with van der Waals surface area (Å²) in [6, 6.07) is 0.540. The number of rotatable bonds is 1. The van der Waals surface area contributed by atoms with Gasteiger partial charge in [0.1, 0.15) is 11.9 Å². The molecule has 0 spiro atoms. The van der Waals surface area contributed by atoms with Crippen molar-refractivity contribution in [3.63, 3.8) is 0 Å². The Hall–Kier alpha value is -0.810. The molecule has 0 heterocycles. The number of nitrogens with two attached hydrogens (primary N) is 1. The van der Waals surface area contributed by atoms with Crippen LogP contribution < -0.4 is 5.73 Å². The van der Waals surface area contributed by atoms with Crippen molar-refractivity contribution in [3.05, 3.63) is 34.6 Å². The van der Waals surface area contributed by atoms with Gasteiger partial charge in [0.15, 0.2) is 0 Å². The molecule has 1 aromatic rings. The summed E-state index contributed by atoms with van der Waals surface area (Å²) >= 11 is 5.31. The lowest BCUT2D eigenvalue weighted by atomic mass is 10.1. The Balaban J connectivity index is 3.03. The van der Waals surface area contributed by atoms with Gasteiger partial charge < -0.3 is 5.73 Å². The first kappa shape index (κ1) is 11.3. The Morgan fingerprint density at radius 3 is 2.29 bits per heavy atom. The molecule has 2 N–H and O–H groups in total. The predicted molar refractivity (Wildman–Crippen MR) is 44.4 cm³/mol. The summed E-state index contributed by atoms with van der Waals surface area (Å²) in [5.41, 5.74) is 4.62. The van der Waals surface area contributed by atoms with Gasteiger partial charge in [-0.05, 0) is 17.7 Å². The third-order valence-electron chi connectivity index (χ3n) is 1.66. The van der Waals surface area contributed by atoms with Gasteiger partial charge in [-0.2, -0.15) is 13.2 Å². The molecule has 1 unspecified atom stereocenters. The van der Waals surface area contributed by atoms with Crippen LogP contribution in [-0.2, 0) is 0 Å². The van der Waals surface area contributed by atoms with E-state index in [1.54, 1.807) is 0 Å². The van der Waals surface area contributed by atoms with E-state index < -0.39 is 18.0 Å². The van der Waals surface area contributed by atoms with Crippen LogP contribution in [0, 0.1) is 5.82 Å². The highest BCUT2D eigenvalue weighted by atomic mass is 35.5. The van der Waals surface area contributed by atoms with Crippen molar-refractivity contribution in [1.29, 1.82) is 0 Å². The number of benzene rings is 1. The SMILES string of the molecule is NC(c1ccc(F)c(Cl)c1)C(F)(F)F. The van der Waals surface area contributed by atoms with Gasteiger partial charge in [-0.3, -0.25) is 0 Å². The third kappa shape index (κ3) is 2.36. The molecule has 0 aliphatic heterocycles. The molecule has 1 aromatic carbocycles. The molecule has 14 heavy (non-hydrogen) atoms. The molecule has 0 aliphatic carbocycles. The molecule has 1 atom stereocenters. The minimum absolute atomic E-state index is 0.260. The molecule has 0 bridgehead atoms. The standard InChI is InChI=1S/C8H6ClF4N/c9-5-3-4(1-2-6(5)10)7(14)8(11,12)13/h1-3,7H,14H2. The largest absolute Gasteiger partial charge is 0.407 e. The second kappa shape index (κ2) is 3.74. The van der Waals surface area contributed by atoms with E-state index in [2.05, 4.69) is 0 Å². The van der Waals surface area contributed by atoms with E-state index in [0.717, 1.165) is 18.2 Å². The van der Waals surface area contributed by atoms with E-state index >= 15 is 0 Å². The predicted octanol–water partition coefficient (Wildman–Crippen LogP) is 3.04. The van der Waals surface area contributed by atoms with E-state index in [9.17, 15) is 17.6 Å². The normalized spacial score (nSPS) is 14.1. The molecule has 0 fully saturated rings. The first-order valence-corrected chi connectivity index (χ1v) is 3.97. The maximum atomic E-state index is 12.6. The van der Waals surface area contributed by atoms with Crippen LogP contribution >= 0.6 is 11.6 Å². The fourth-order valence-electron chi connectivity index (χ4n) is 0.895. The summed E-state index contributed by atoms with van der Waals surface area (Å²) in [7, 11) is 0. The Bertz CT molecular complexity index is 337. The average molecular weight is 228 g/mol. The van der Waals surface area contributed by atoms with Gasteiger partial charge in [0.25, 0.3) is 0 Å². The van der Waals surface area contributed by atoms with Crippen molar-refractivity contribution in [2.24, 2.45) is 5.73 Å². The van der Waals surface area contributed by atoms with Crippen LogP contribution in [-0.4, -0.2) is 6.18 Å². The monoisotopic (exact) mass is 227 g/mol. The van der Waals surface area contributed by atoms with Crippen molar-refractivity contribution in [1.82, 2.24) is 0 Å². The average Bonchev–Trinajstić information content (AvgIpc) is 2.07. The zero-order chi connectivity index (χ0) is 10.9. The first-order valence-electron chi connectivity index (χ1n) is 3.59. The second-order valence-electron chi connectivity index (χ2n) is 2.69. The lowest BCUT2D eigenvalue weighted by Gasteiger charge is -2.15. The minimum atomic E-state index is -4.55. The first-order chi connectivity index (χ1) is 6.32. The molecule has 0 aliphatic rings. The maximum absolute atomic E-state index is 12.6. The Kier molecular flexibility index (Phi) is 3.01. The van der Waals surface area contributed by atoms with E-state index in [0.29, 0.717) is 0 Å². The minimum Gasteiger partial charge on any atom is -0.316 e. The lowest BCUT2D eigenvalue weighted by molar-refractivity contribution is -0.149. The van der Waals surface area contributed by atoms with Crippen LogP contribution in [0.2, 0.25) is 5.02 Å². The Morgan fingerprint density at radius 2 is 1.86 bits per heavy atom. The second-order valence-corrected chi connectivity index (χ2v) is 3.10. The summed E-state index contributed by atoms with van der Waals surface area (Å²) in [5, 5.41) is -0.373. The third-order valence-corrected chi connectivity index (χ3v) is 1.95. The molecular formula is C8H6ClF4N. The maximum Gasteiger partial charge on any atom is 0.407 e. The highest BCUT2D eigenvalue weighted by Gasteiger charge is 2.37. The fourth-order valence-corrected chi connectivity index (χ4v) is 1.08. The highest BCUT2D eigenvalue weighted by Crippen LogP contribution is 2.31. The molecular weight excluding hydrogens is 222 g/mol. The van der Waals surface area contributed by atoms with Crippen molar-refractivity contribution in [2.75, 3.05) is 0 Å². The van der Waals surface area contributed by atoms with Gasteiger partial charge >= 0.3 is 6.18 Å². The van der Waals surface area contributed by atoms with Crippen LogP contribution in [0.4, 0.5) is 17.6 Å². The van der Waals surface area contributed by atoms with Gasteiger partial charge in [0.05, 0.1) is 5.02 Å². The molecule has 1 nitrogen and oxygen atoms in total. The number of hydrogen-bond donors (Lipinski definition) is 1. The highest BCUT2D eigenvalue weighted by molar-refractivity contribution is 6.30. The molecule has 0 amide bonds. The van der Waals surface area contributed by atoms with Gasteiger partial charge in [-0.1, -0.05) is 17.7 Å². The fraction of sp³-hybridized carbons (Fsp3) is 0.250. The summed E-state index contributed by atoms with van der Waals surface area (Å²) in [6.45, 7) is 0. The van der Waals surface area contributed by atoms with E-state index in [4.69, 9.17) is 17.3 Å². The quantitative estimate of drug-likeness (QED) is 0.734. The number of alkyl halides is 3. The summed E-state index contributed by atoms with van der Waals surface area (Å²) in [5.74, 6) is -0.773. The van der Waals surface area contributed by atoms with Crippen LogP contribution in [0.25, 0.3) is 0 Å². The molecule has 0 aromatic heterocycles. The van der Waals surface area contributed by atoms with E-state index in [1.807, 2.05) is 0 Å². The lowest BCUT2D eigenvalue weighted by Crippen LogP contribution is -2.28. The molecule has 0 radical (unpaired) electrons. The van der Waals surface area contributed by atoms with Crippen LogP contribution in [0.3, 0.4) is 0 Å². The Labute approximate surface area is 82.5 Å². The topological polar surface area (TPSA) is 26.0 Å². The summed E-state index contributed by atoms with van der Waals surface area (Å²) in [4.78, 5) is 0. The van der Waals surface area contributed by atoms with E-state index in [1.165, 1.54) is 0 Å². The van der Waals surface area contributed by atoms with E-state index in [-0.39, 0.29) is 10.6 Å². The van der Waals surface area contributed by atoms with Crippen LogP contribution in [0.1, 0.15) is 11.6 Å². The van der Waals surface area contributed by atoms with Crippen molar-refractivity contribution >= 4 is 11.6 Å². The number of halogens is 5. The molecule has 6 heteroatoms. The Morgan fingerprint density at radius 1 is 1.29 bits per heavy atom. The molecule has 1 rings (SSSR count). The van der Waals surface area contributed by atoms with Crippen molar-refractivity contribution in [2.45, 2.75) is 12.2 Å². The van der Waals surface area contributed by atoms with Crippen LogP contribution in [0.15, 0.2) is 18.2 Å². The molecule has 0 saturated carbocycles. The summed E-state index contributed by atoms with van der Waals surface area (Å²) < 4.78 is 48.9. The molecule has 0 saturated heterocycles. The van der Waals surface area contributed by atoms with Gasteiger partial charge in [0, 0.05) is 0 Å².